The number of aromatic amines is 1. The number of likely N-dealkylation sites (tertiary alicyclic amines) is 1. The third kappa shape index (κ3) is 2.29. The molecule has 0 aliphatic carbocycles. The van der Waals surface area contributed by atoms with E-state index in [9.17, 15) is 9.59 Å². The van der Waals surface area contributed by atoms with Crippen LogP contribution in [0.5, 0.6) is 0 Å². The molecule has 1 saturated heterocycles. The Kier molecular flexibility index (Phi) is 3.24. The van der Waals surface area contributed by atoms with Crippen LogP contribution in [0.15, 0.2) is 35.4 Å². The molecule has 1 amide bonds. The molecule has 1 N–H and O–H groups in total. The van der Waals surface area contributed by atoms with E-state index in [4.69, 9.17) is 0 Å². The van der Waals surface area contributed by atoms with Gasteiger partial charge in [-0.2, -0.15) is 5.10 Å². The zero-order valence-electron chi connectivity index (χ0n) is 10.7. The van der Waals surface area contributed by atoms with Crippen molar-refractivity contribution in [2.24, 2.45) is 0 Å². The normalized spacial score (nSPS) is 18.2. The standard InChI is InChI=1S/C13H13N5O2/c19-12(10-3-1-6-15-17-10)18-8-2-4-11(18)9-5-7-14-13(20)16-9/h1,3,5-7,11H,2,4,8H2,(H,14,16,20)/t11-/m0/s1. The van der Waals surface area contributed by atoms with Crippen LogP contribution in [0.1, 0.15) is 35.1 Å². The van der Waals surface area contributed by atoms with Gasteiger partial charge < -0.3 is 9.88 Å². The van der Waals surface area contributed by atoms with E-state index in [1.807, 2.05) is 0 Å². The zero-order valence-corrected chi connectivity index (χ0v) is 10.7. The van der Waals surface area contributed by atoms with Crippen molar-refractivity contribution in [2.75, 3.05) is 6.54 Å². The summed E-state index contributed by atoms with van der Waals surface area (Å²) in [6.45, 7) is 0.643. The van der Waals surface area contributed by atoms with Crippen LogP contribution < -0.4 is 5.69 Å². The summed E-state index contributed by atoms with van der Waals surface area (Å²) < 4.78 is 0. The molecule has 102 valence electrons. The van der Waals surface area contributed by atoms with Gasteiger partial charge in [-0.1, -0.05) is 0 Å². The maximum atomic E-state index is 12.4. The molecule has 0 spiro atoms. The van der Waals surface area contributed by atoms with E-state index in [-0.39, 0.29) is 11.9 Å². The van der Waals surface area contributed by atoms with Gasteiger partial charge in [0.2, 0.25) is 0 Å². The molecule has 1 aliphatic heterocycles. The van der Waals surface area contributed by atoms with Gasteiger partial charge in [-0.15, -0.1) is 5.10 Å². The van der Waals surface area contributed by atoms with E-state index in [2.05, 4.69) is 20.2 Å². The highest BCUT2D eigenvalue weighted by Gasteiger charge is 2.31. The van der Waals surface area contributed by atoms with Gasteiger partial charge in [-0.3, -0.25) is 4.79 Å². The minimum absolute atomic E-state index is 0.139. The lowest BCUT2D eigenvalue weighted by molar-refractivity contribution is 0.0725. The van der Waals surface area contributed by atoms with Crippen LogP contribution in [0.3, 0.4) is 0 Å². The van der Waals surface area contributed by atoms with Gasteiger partial charge >= 0.3 is 5.69 Å². The van der Waals surface area contributed by atoms with Gasteiger partial charge in [0.05, 0.1) is 6.04 Å². The zero-order chi connectivity index (χ0) is 13.9. The minimum atomic E-state index is -0.402. The molecule has 0 aromatic carbocycles. The second kappa shape index (κ2) is 5.20. The molecule has 1 fully saturated rings. The first-order chi connectivity index (χ1) is 9.75. The summed E-state index contributed by atoms with van der Waals surface area (Å²) in [5.74, 6) is -0.168. The van der Waals surface area contributed by atoms with Crippen LogP contribution in [0.4, 0.5) is 0 Å². The molecule has 3 rings (SSSR count). The number of amides is 1. The molecule has 0 bridgehead atoms. The lowest BCUT2D eigenvalue weighted by Crippen LogP contribution is -2.32. The Hall–Kier alpha value is -2.57. The Bertz CT molecular complexity index is 670. The van der Waals surface area contributed by atoms with E-state index in [1.54, 1.807) is 23.1 Å². The van der Waals surface area contributed by atoms with Crippen molar-refractivity contribution in [3.05, 3.63) is 52.5 Å². The Morgan fingerprint density at radius 1 is 1.35 bits per heavy atom. The predicted molar refractivity (Wildman–Crippen MR) is 69.9 cm³/mol. The number of nitrogens with one attached hydrogen (secondary N) is 1. The third-order valence-corrected chi connectivity index (χ3v) is 3.36. The minimum Gasteiger partial charge on any atom is -0.329 e. The third-order valence-electron chi connectivity index (χ3n) is 3.36. The van der Waals surface area contributed by atoms with E-state index in [0.29, 0.717) is 17.9 Å². The lowest BCUT2D eigenvalue weighted by Gasteiger charge is -2.23. The molecule has 2 aromatic rings. The van der Waals surface area contributed by atoms with Crippen molar-refractivity contribution in [2.45, 2.75) is 18.9 Å². The van der Waals surface area contributed by atoms with Gasteiger partial charge in [-0.05, 0) is 31.0 Å². The maximum absolute atomic E-state index is 12.4. The van der Waals surface area contributed by atoms with Crippen molar-refractivity contribution in [3.63, 3.8) is 0 Å². The monoisotopic (exact) mass is 271 g/mol. The Morgan fingerprint density at radius 2 is 2.25 bits per heavy atom. The van der Waals surface area contributed by atoms with E-state index >= 15 is 0 Å². The number of H-pyrrole nitrogens is 1. The molecule has 2 aromatic heterocycles. The summed E-state index contributed by atoms with van der Waals surface area (Å²) in [4.78, 5) is 31.7. The lowest BCUT2D eigenvalue weighted by atomic mass is 10.1. The highest BCUT2D eigenvalue weighted by Crippen LogP contribution is 2.31. The number of rotatable bonds is 2. The number of nitrogens with zero attached hydrogens (tertiary/aromatic N) is 4. The molecule has 1 atom stereocenters. The fourth-order valence-corrected chi connectivity index (χ4v) is 2.47. The highest BCUT2D eigenvalue weighted by atomic mass is 16.2. The highest BCUT2D eigenvalue weighted by molar-refractivity contribution is 5.92. The summed E-state index contributed by atoms with van der Waals surface area (Å²) in [5, 5.41) is 7.57. The number of carbonyl (C=O) groups excluding carboxylic acids is 1. The fraction of sp³-hybridized carbons (Fsp3) is 0.308. The fourth-order valence-electron chi connectivity index (χ4n) is 2.47. The second-order valence-corrected chi connectivity index (χ2v) is 4.60. The molecule has 20 heavy (non-hydrogen) atoms. The number of hydrogen-bond acceptors (Lipinski definition) is 5. The summed E-state index contributed by atoms with van der Waals surface area (Å²) in [5.41, 5.74) is 0.622. The van der Waals surface area contributed by atoms with E-state index in [0.717, 1.165) is 12.8 Å². The molecule has 7 nitrogen and oxygen atoms in total. The first kappa shape index (κ1) is 12.5. The smallest absolute Gasteiger partial charge is 0.329 e. The van der Waals surface area contributed by atoms with E-state index in [1.165, 1.54) is 12.4 Å². The van der Waals surface area contributed by atoms with Crippen LogP contribution in [0, 0.1) is 0 Å². The maximum Gasteiger partial charge on any atom is 0.345 e. The average molecular weight is 271 g/mol. The summed E-state index contributed by atoms with van der Waals surface area (Å²) in [6, 6.07) is 4.91. The van der Waals surface area contributed by atoms with Crippen molar-refractivity contribution in [1.82, 2.24) is 25.1 Å². The largest absolute Gasteiger partial charge is 0.345 e. The van der Waals surface area contributed by atoms with E-state index < -0.39 is 5.69 Å². The molecule has 0 unspecified atom stereocenters. The van der Waals surface area contributed by atoms with Gasteiger partial charge in [0.25, 0.3) is 5.91 Å². The quantitative estimate of drug-likeness (QED) is 0.860. The number of carbonyl (C=O) groups is 1. The SMILES string of the molecule is O=C(c1cccnn1)N1CCC[C@H]1c1ccnc(=O)[nH]1. The van der Waals surface area contributed by atoms with Crippen LogP contribution >= 0.6 is 0 Å². The van der Waals surface area contributed by atoms with Crippen molar-refractivity contribution >= 4 is 5.91 Å². The van der Waals surface area contributed by atoms with Crippen molar-refractivity contribution in [1.29, 1.82) is 0 Å². The Morgan fingerprint density at radius 3 is 3.00 bits per heavy atom. The molecular weight excluding hydrogens is 258 g/mol. The predicted octanol–water partition coefficient (Wildman–Crippen LogP) is 0.537. The van der Waals surface area contributed by atoms with Crippen LogP contribution in [-0.2, 0) is 0 Å². The molecule has 1 aliphatic rings. The van der Waals surface area contributed by atoms with Gasteiger partial charge in [-0.25, -0.2) is 9.78 Å². The van der Waals surface area contributed by atoms with Crippen molar-refractivity contribution < 1.29 is 4.79 Å². The van der Waals surface area contributed by atoms with Gasteiger partial charge in [0.15, 0.2) is 5.69 Å². The van der Waals surface area contributed by atoms with Gasteiger partial charge in [0.1, 0.15) is 0 Å². The second-order valence-electron chi connectivity index (χ2n) is 4.60. The first-order valence-electron chi connectivity index (χ1n) is 6.39. The first-order valence-corrected chi connectivity index (χ1v) is 6.39. The van der Waals surface area contributed by atoms with Crippen LogP contribution in [0.25, 0.3) is 0 Å². The molecule has 0 radical (unpaired) electrons. The van der Waals surface area contributed by atoms with Gasteiger partial charge in [0, 0.05) is 24.6 Å². The number of aromatic nitrogens is 4. The molecule has 7 heteroatoms. The average Bonchev–Trinajstić information content (AvgIpc) is 2.97. The summed E-state index contributed by atoms with van der Waals surface area (Å²) in [7, 11) is 0. The number of hydrogen-bond donors (Lipinski definition) is 1. The molecule has 3 heterocycles. The summed E-state index contributed by atoms with van der Waals surface area (Å²) in [6.07, 6.45) is 4.68. The molecular formula is C13H13N5O2. The Balaban J connectivity index is 1.90. The molecule has 0 saturated carbocycles. The van der Waals surface area contributed by atoms with Crippen molar-refractivity contribution in [3.8, 4) is 0 Å². The van der Waals surface area contributed by atoms with Crippen LogP contribution in [0.2, 0.25) is 0 Å². The Labute approximate surface area is 114 Å². The van der Waals surface area contributed by atoms with Crippen LogP contribution in [-0.4, -0.2) is 37.5 Å². The topological polar surface area (TPSA) is 91.8 Å². The summed E-state index contributed by atoms with van der Waals surface area (Å²) >= 11 is 0.